The first-order valence-corrected chi connectivity index (χ1v) is 10.2. The van der Waals surface area contributed by atoms with Gasteiger partial charge in [0.25, 0.3) is 5.91 Å². The summed E-state index contributed by atoms with van der Waals surface area (Å²) in [5.41, 5.74) is -0.254. The number of carbonyl (C=O) groups is 1. The van der Waals surface area contributed by atoms with Crippen LogP contribution in [0.1, 0.15) is 26.6 Å². The van der Waals surface area contributed by atoms with Crippen molar-refractivity contribution in [2.75, 3.05) is 31.3 Å². The average Bonchev–Trinajstić information content (AvgIpc) is 3.16. The van der Waals surface area contributed by atoms with E-state index in [4.69, 9.17) is 13.6 Å². The lowest BCUT2D eigenvalue weighted by Crippen LogP contribution is -2.18. The Balaban J connectivity index is 0.00000363. The number of aryl methyl sites for hydroxylation is 1. The Morgan fingerprint density at radius 1 is 1.41 bits per heavy atom. The van der Waals surface area contributed by atoms with Gasteiger partial charge in [-0.05, 0) is 49.6 Å². The van der Waals surface area contributed by atoms with Crippen LogP contribution >= 0.6 is 13.5 Å². The van der Waals surface area contributed by atoms with Crippen LogP contribution in [0.15, 0.2) is 35.2 Å². The minimum Gasteiger partial charge on any atom is -0.496 e. The number of rotatable bonds is 6. The molecule has 29 heavy (non-hydrogen) atoms. The van der Waals surface area contributed by atoms with Gasteiger partial charge in [0.15, 0.2) is 9.84 Å². The molecule has 0 aliphatic carbocycles. The maximum atomic E-state index is 13.4. The Bertz CT molecular complexity index is 1090. The molecule has 10 heteroatoms. The fraction of sp³-hybridized carbons (Fsp3) is 0.368. The number of aromatic nitrogens is 1. The van der Waals surface area contributed by atoms with E-state index in [9.17, 15) is 17.6 Å². The highest BCUT2D eigenvalue weighted by atomic mass is 32.2. The molecule has 1 atom stereocenters. The van der Waals surface area contributed by atoms with Gasteiger partial charge in [-0.2, -0.15) is 13.5 Å². The van der Waals surface area contributed by atoms with Crippen molar-refractivity contribution in [3.63, 3.8) is 0 Å². The summed E-state index contributed by atoms with van der Waals surface area (Å²) in [7, 11) is -6.63. The van der Waals surface area contributed by atoms with Crippen molar-refractivity contribution in [1.29, 1.82) is 0 Å². The molecule has 0 saturated carbocycles. The van der Waals surface area contributed by atoms with Crippen molar-refractivity contribution in [3.8, 4) is 5.75 Å². The largest absolute Gasteiger partial charge is 0.496 e. The topological polar surface area (TPSA) is 94.6 Å². The maximum Gasteiger partial charge on any atom is 0.260 e. The third-order valence-corrected chi connectivity index (χ3v) is 6.29. The van der Waals surface area contributed by atoms with Gasteiger partial charge in [0.2, 0.25) is 0 Å². The molecular formula is C19H23FN2O5S2. The van der Waals surface area contributed by atoms with E-state index in [2.05, 4.69) is 10.3 Å². The van der Waals surface area contributed by atoms with Gasteiger partial charge >= 0.3 is 0 Å². The molecule has 0 spiro atoms. The second-order valence-corrected chi connectivity index (χ2v) is 8.52. The number of methoxy groups -OCH3 is 1. The predicted octanol–water partition coefficient (Wildman–Crippen LogP) is 2.71. The quantitative estimate of drug-likeness (QED) is 0.735. The summed E-state index contributed by atoms with van der Waals surface area (Å²) in [5.74, 6) is -2.04. The molecule has 1 aliphatic heterocycles. The molecule has 2 heterocycles. The highest BCUT2D eigenvalue weighted by molar-refractivity contribution is 7.91. The van der Waals surface area contributed by atoms with Crippen molar-refractivity contribution >= 4 is 35.1 Å². The standard InChI is InChI=1S/C19H21FN2O5S.H2S/c1-12-16(20)4-6-18(21-12)22-19(23)15-9-14(3-5-17(15)26-2)28(24,25)11-13-7-8-27-10-13;/h3-6,9,13H,7-8,10-11H2,1-2H3,(H,21,22,23);1H2/t13-;/m0./s1/i2D3;. The zero-order valence-corrected chi connectivity index (χ0v) is 17.4. The fourth-order valence-corrected chi connectivity index (χ4v) is 4.54. The van der Waals surface area contributed by atoms with Crippen molar-refractivity contribution < 1.29 is 31.2 Å². The third kappa shape index (κ3) is 5.46. The highest BCUT2D eigenvalue weighted by Gasteiger charge is 2.26. The maximum absolute atomic E-state index is 13.4. The Morgan fingerprint density at radius 2 is 2.21 bits per heavy atom. The first kappa shape index (κ1) is 18.8. The molecule has 1 aromatic heterocycles. The van der Waals surface area contributed by atoms with Gasteiger partial charge in [-0.15, -0.1) is 0 Å². The number of halogens is 1. The summed E-state index contributed by atoms with van der Waals surface area (Å²) in [6.07, 6.45) is 0.613. The molecule has 7 nitrogen and oxygen atoms in total. The van der Waals surface area contributed by atoms with Gasteiger partial charge < -0.3 is 14.8 Å². The number of sulfone groups is 1. The summed E-state index contributed by atoms with van der Waals surface area (Å²) in [5, 5.41) is 2.41. The monoisotopic (exact) mass is 445 g/mol. The number of benzene rings is 1. The number of hydrogen-bond acceptors (Lipinski definition) is 6. The smallest absolute Gasteiger partial charge is 0.260 e. The first-order chi connectivity index (χ1) is 14.4. The molecule has 1 amide bonds. The zero-order chi connectivity index (χ0) is 22.8. The normalized spacial score (nSPS) is 18.1. The van der Waals surface area contributed by atoms with Crippen LogP contribution in [0.5, 0.6) is 5.75 Å². The van der Waals surface area contributed by atoms with Crippen molar-refractivity contribution in [3.05, 3.63) is 47.4 Å². The number of amides is 1. The minimum atomic E-state index is -3.77. The van der Waals surface area contributed by atoms with Crippen molar-refractivity contribution in [1.82, 2.24) is 4.98 Å². The lowest BCUT2D eigenvalue weighted by atomic mass is 10.2. The molecule has 1 aliphatic rings. The van der Waals surface area contributed by atoms with Gasteiger partial charge in [0, 0.05) is 6.61 Å². The van der Waals surface area contributed by atoms with E-state index in [0.717, 1.165) is 18.2 Å². The van der Waals surface area contributed by atoms with Gasteiger partial charge in [-0.1, -0.05) is 0 Å². The molecule has 1 N–H and O–H groups in total. The van der Waals surface area contributed by atoms with Crippen LogP contribution in [-0.4, -0.2) is 45.3 Å². The minimum absolute atomic E-state index is 0. The van der Waals surface area contributed by atoms with Gasteiger partial charge in [0.05, 0.1) is 39.7 Å². The van der Waals surface area contributed by atoms with E-state index in [1.165, 1.54) is 19.1 Å². The van der Waals surface area contributed by atoms with E-state index in [-0.39, 0.29) is 52.9 Å². The number of anilines is 1. The van der Waals surface area contributed by atoms with Crippen LogP contribution < -0.4 is 10.1 Å². The fourth-order valence-electron chi connectivity index (χ4n) is 2.89. The molecule has 1 aromatic carbocycles. The zero-order valence-electron chi connectivity index (χ0n) is 18.6. The first-order valence-electron chi connectivity index (χ1n) is 10.0. The molecule has 0 bridgehead atoms. The van der Waals surface area contributed by atoms with Gasteiger partial charge in [-0.25, -0.2) is 17.8 Å². The number of carbonyl (C=O) groups excluding carboxylic acids is 1. The van der Waals surface area contributed by atoms with Crippen LogP contribution in [0, 0.1) is 18.7 Å². The molecular weight excluding hydrogens is 419 g/mol. The molecule has 1 fully saturated rings. The number of hydrogen-bond donors (Lipinski definition) is 1. The number of ether oxygens (including phenoxy) is 2. The SMILES string of the molecule is S.[2H]C([2H])([2H])Oc1ccc(S(=O)(=O)C[C@H]2CCOC2)cc1C(=O)Nc1ccc(F)c(C)n1. The van der Waals surface area contributed by atoms with E-state index >= 15 is 0 Å². The molecule has 2 aromatic rings. The molecule has 0 radical (unpaired) electrons. The van der Waals surface area contributed by atoms with Crippen molar-refractivity contribution in [2.24, 2.45) is 5.92 Å². The van der Waals surface area contributed by atoms with E-state index in [1.54, 1.807) is 0 Å². The molecule has 1 saturated heterocycles. The van der Waals surface area contributed by atoms with Crippen LogP contribution in [-0.2, 0) is 14.6 Å². The lowest BCUT2D eigenvalue weighted by molar-refractivity contribution is 0.102. The second kappa shape index (κ2) is 9.55. The molecule has 3 rings (SSSR count). The summed E-state index contributed by atoms with van der Waals surface area (Å²) in [6, 6.07) is 5.73. The van der Waals surface area contributed by atoms with E-state index < -0.39 is 28.6 Å². The van der Waals surface area contributed by atoms with Crippen LogP contribution in [0.25, 0.3) is 0 Å². The molecule has 0 unspecified atom stereocenters. The Kier molecular flexibility index (Phi) is 6.20. The van der Waals surface area contributed by atoms with Crippen LogP contribution in [0.2, 0.25) is 0 Å². The summed E-state index contributed by atoms with van der Waals surface area (Å²) in [6.45, 7) is 2.24. The highest BCUT2D eigenvalue weighted by Crippen LogP contribution is 2.26. The number of pyridine rings is 1. The molecule has 158 valence electrons. The van der Waals surface area contributed by atoms with Crippen LogP contribution in [0.3, 0.4) is 0 Å². The Morgan fingerprint density at radius 3 is 2.86 bits per heavy atom. The summed E-state index contributed by atoms with van der Waals surface area (Å²) < 4.78 is 71.0. The average molecular weight is 446 g/mol. The van der Waals surface area contributed by atoms with E-state index in [0.29, 0.717) is 19.6 Å². The number of nitrogens with one attached hydrogen (secondary N) is 1. The number of nitrogens with zero attached hydrogens (tertiary/aromatic N) is 1. The summed E-state index contributed by atoms with van der Waals surface area (Å²) >= 11 is 0. The summed E-state index contributed by atoms with van der Waals surface area (Å²) in [4.78, 5) is 16.6. The Labute approximate surface area is 180 Å². The second-order valence-electron chi connectivity index (χ2n) is 6.49. The van der Waals surface area contributed by atoms with Gasteiger partial charge in [0.1, 0.15) is 17.4 Å². The van der Waals surface area contributed by atoms with Gasteiger partial charge in [-0.3, -0.25) is 4.79 Å². The lowest BCUT2D eigenvalue weighted by Gasteiger charge is -2.13. The van der Waals surface area contributed by atoms with E-state index in [1.807, 2.05) is 0 Å². The van der Waals surface area contributed by atoms with Crippen LogP contribution in [0.4, 0.5) is 10.2 Å². The van der Waals surface area contributed by atoms with Crippen molar-refractivity contribution in [2.45, 2.75) is 18.2 Å². The predicted molar refractivity (Wildman–Crippen MR) is 111 cm³/mol. The third-order valence-electron chi connectivity index (χ3n) is 4.41. The Hall–Kier alpha value is -2.17.